The van der Waals surface area contributed by atoms with Gasteiger partial charge in [0.05, 0.1) is 6.61 Å². The number of cyclic esters (lactones) is 1. The normalized spacial score (nSPS) is 28.7. The third kappa shape index (κ3) is 1.91. The van der Waals surface area contributed by atoms with Crippen LogP contribution in [0.3, 0.4) is 0 Å². The number of ether oxygens (including phenoxy) is 2. The fourth-order valence-electron chi connectivity index (χ4n) is 2.96. The molecule has 19 heavy (non-hydrogen) atoms. The van der Waals surface area contributed by atoms with E-state index in [1.54, 1.807) is 0 Å². The molecule has 0 N–H and O–H groups in total. The van der Waals surface area contributed by atoms with Gasteiger partial charge in [-0.15, -0.1) is 0 Å². The number of Topliss-reactive ketones (excluding diaryl/α,β-unsaturated/α-hetero) is 1. The predicted octanol–water partition coefficient (Wildman–Crippen LogP) is 1.90. The van der Waals surface area contributed by atoms with Crippen LogP contribution in [0.4, 0.5) is 0 Å². The van der Waals surface area contributed by atoms with E-state index >= 15 is 0 Å². The number of carbonyl (C=O) groups is 2. The van der Waals surface area contributed by atoms with Crippen LogP contribution >= 0.6 is 0 Å². The van der Waals surface area contributed by atoms with E-state index in [2.05, 4.69) is 0 Å². The van der Waals surface area contributed by atoms with Crippen LogP contribution in [0.25, 0.3) is 0 Å². The second kappa shape index (κ2) is 4.37. The molecule has 0 aliphatic carbocycles. The minimum absolute atomic E-state index is 0.116. The zero-order valence-electron chi connectivity index (χ0n) is 10.8. The van der Waals surface area contributed by atoms with E-state index in [1.807, 2.05) is 24.3 Å². The van der Waals surface area contributed by atoms with Gasteiger partial charge in [0.15, 0.2) is 0 Å². The molecule has 1 saturated heterocycles. The SMILES string of the molecule is CC(=O)C1(CC2Cc3ccccc3O2)CCOC1=O. The molecule has 2 aliphatic rings. The number of hydrogen-bond acceptors (Lipinski definition) is 4. The van der Waals surface area contributed by atoms with Crippen LogP contribution in [-0.4, -0.2) is 24.5 Å². The van der Waals surface area contributed by atoms with E-state index in [9.17, 15) is 9.59 Å². The number of ketones is 1. The Morgan fingerprint density at radius 3 is 2.84 bits per heavy atom. The van der Waals surface area contributed by atoms with Crippen LogP contribution in [0.1, 0.15) is 25.3 Å². The highest BCUT2D eigenvalue weighted by atomic mass is 16.5. The van der Waals surface area contributed by atoms with Gasteiger partial charge in [-0.3, -0.25) is 9.59 Å². The molecule has 4 nitrogen and oxygen atoms in total. The lowest BCUT2D eigenvalue weighted by Gasteiger charge is -2.24. The Kier molecular flexibility index (Phi) is 2.81. The van der Waals surface area contributed by atoms with Gasteiger partial charge in [0.2, 0.25) is 0 Å². The summed E-state index contributed by atoms with van der Waals surface area (Å²) in [6, 6.07) is 7.83. The number of benzene rings is 1. The molecule has 100 valence electrons. The number of para-hydroxylation sites is 1. The standard InChI is InChI=1S/C15H16O4/c1-10(16)15(6-7-18-14(15)17)9-12-8-11-4-2-3-5-13(11)19-12/h2-5,12H,6-9H2,1H3. The Morgan fingerprint density at radius 2 is 2.21 bits per heavy atom. The molecule has 0 spiro atoms. The van der Waals surface area contributed by atoms with Gasteiger partial charge in [-0.1, -0.05) is 18.2 Å². The maximum Gasteiger partial charge on any atom is 0.319 e. The molecule has 0 bridgehead atoms. The van der Waals surface area contributed by atoms with Crippen molar-refractivity contribution >= 4 is 11.8 Å². The van der Waals surface area contributed by atoms with E-state index < -0.39 is 5.41 Å². The monoisotopic (exact) mass is 260 g/mol. The van der Waals surface area contributed by atoms with Crippen molar-refractivity contribution in [1.82, 2.24) is 0 Å². The Hall–Kier alpha value is -1.84. The van der Waals surface area contributed by atoms with Gasteiger partial charge in [0, 0.05) is 19.3 Å². The van der Waals surface area contributed by atoms with Crippen LogP contribution in [-0.2, 0) is 20.7 Å². The molecule has 3 rings (SSSR count). The second-order valence-corrected chi connectivity index (χ2v) is 5.28. The molecular formula is C15H16O4. The fourth-order valence-corrected chi connectivity index (χ4v) is 2.96. The summed E-state index contributed by atoms with van der Waals surface area (Å²) in [4.78, 5) is 23.8. The summed E-state index contributed by atoms with van der Waals surface area (Å²) in [5, 5.41) is 0. The first-order valence-electron chi connectivity index (χ1n) is 6.55. The third-order valence-electron chi connectivity index (χ3n) is 4.12. The average molecular weight is 260 g/mol. The largest absolute Gasteiger partial charge is 0.490 e. The predicted molar refractivity (Wildman–Crippen MR) is 67.9 cm³/mol. The minimum Gasteiger partial charge on any atom is -0.490 e. The molecule has 0 saturated carbocycles. The van der Waals surface area contributed by atoms with Crippen molar-refractivity contribution in [2.24, 2.45) is 5.41 Å². The van der Waals surface area contributed by atoms with Crippen molar-refractivity contribution in [2.45, 2.75) is 32.3 Å². The summed E-state index contributed by atoms with van der Waals surface area (Å²) in [7, 11) is 0. The highest BCUT2D eigenvalue weighted by Crippen LogP contribution is 2.40. The molecular weight excluding hydrogens is 244 g/mol. The van der Waals surface area contributed by atoms with Crippen molar-refractivity contribution in [2.75, 3.05) is 6.61 Å². The first kappa shape index (κ1) is 12.2. The molecule has 2 heterocycles. The van der Waals surface area contributed by atoms with Crippen LogP contribution in [0.15, 0.2) is 24.3 Å². The molecule has 1 aromatic carbocycles. The van der Waals surface area contributed by atoms with Crippen LogP contribution < -0.4 is 4.74 Å². The summed E-state index contributed by atoms with van der Waals surface area (Å²) < 4.78 is 10.8. The van der Waals surface area contributed by atoms with Crippen LogP contribution in [0.5, 0.6) is 5.75 Å². The Bertz CT molecular complexity index is 512. The van der Waals surface area contributed by atoms with Crippen molar-refractivity contribution in [1.29, 1.82) is 0 Å². The van der Waals surface area contributed by atoms with Crippen molar-refractivity contribution in [3.8, 4) is 5.75 Å². The third-order valence-corrected chi connectivity index (χ3v) is 4.12. The van der Waals surface area contributed by atoms with Gasteiger partial charge in [0.25, 0.3) is 0 Å². The molecule has 2 aliphatic heterocycles. The molecule has 2 atom stereocenters. The van der Waals surface area contributed by atoms with E-state index in [-0.39, 0.29) is 17.9 Å². The van der Waals surface area contributed by atoms with Crippen molar-refractivity contribution in [3.63, 3.8) is 0 Å². The lowest BCUT2D eigenvalue weighted by atomic mass is 9.77. The Labute approximate surface area is 111 Å². The molecule has 1 fully saturated rings. The number of carbonyl (C=O) groups excluding carboxylic acids is 2. The number of hydrogen-bond donors (Lipinski definition) is 0. The van der Waals surface area contributed by atoms with E-state index in [4.69, 9.17) is 9.47 Å². The van der Waals surface area contributed by atoms with Gasteiger partial charge in [-0.05, 0) is 18.6 Å². The number of rotatable bonds is 3. The summed E-state index contributed by atoms with van der Waals surface area (Å²) in [6.45, 7) is 1.80. The van der Waals surface area contributed by atoms with Crippen LogP contribution in [0.2, 0.25) is 0 Å². The topological polar surface area (TPSA) is 52.6 Å². The van der Waals surface area contributed by atoms with Gasteiger partial charge < -0.3 is 9.47 Å². The highest BCUT2D eigenvalue weighted by Gasteiger charge is 2.51. The Morgan fingerprint density at radius 1 is 1.42 bits per heavy atom. The molecule has 2 unspecified atom stereocenters. The minimum atomic E-state index is -0.993. The van der Waals surface area contributed by atoms with Gasteiger partial charge >= 0.3 is 5.97 Å². The molecule has 0 amide bonds. The van der Waals surface area contributed by atoms with E-state index in [0.29, 0.717) is 19.4 Å². The quantitative estimate of drug-likeness (QED) is 0.615. The highest BCUT2D eigenvalue weighted by molar-refractivity contribution is 6.03. The first-order valence-corrected chi connectivity index (χ1v) is 6.55. The maximum absolute atomic E-state index is 11.9. The second-order valence-electron chi connectivity index (χ2n) is 5.28. The maximum atomic E-state index is 11.9. The van der Waals surface area contributed by atoms with E-state index in [0.717, 1.165) is 17.7 Å². The lowest BCUT2D eigenvalue weighted by Crippen LogP contribution is -2.38. The summed E-state index contributed by atoms with van der Waals surface area (Å²) in [5.74, 6) is 0.353. The zero-order chi connectivity index (χ0) is 13.5. The number of esters is 1. The molecule has 0 radical (unpaired) electrons. The zero-order valence-corrected chi connectivity index (χ0v) is 10.8. The molecule has 1 aromatic rings. The van der Waals surface area contributed by atoms with E-state index in [1.165, 1.54) is 6.92 Å². The first-order chi connectivity index (χ1) is 9.12. The Balaban J connectivity index is 1.79. The summed E-state index contributed by atoms with van der Waals surface area (Å²) >= 11 is 0. The van der Waals surface area contributed by atoms with Crippen molar-refractivity contribution < 1.29 is 19.1 Å². The summed E-state index contributed by atoms with van der Waals surface area (Å²) in [5.41, 5.74) is 0.143. The van der Waals surface area contributed by atoms with Gasteiger partial charge in [-0.2, -0.15) is 0 Å². The molecule has 4 heteroatoms. The molecule has 0 aromatic heterocycles. The average Bonchev–Trinajstić information content (AvgIpc) is 2.94. The van der Waals surface area contributed by atoms with Crippen molar-refractivity contribution in [3.05, 3.63) is 29.8 Å². The van der Waals surface area contributed by atoms with Crippen LogP contribution in [0, 0.1) is 5.41 Å². The fraction of sp³-hybridized carbons (Fsp3) is 0.467. The lowest BCUT2D eigenvalue weighted by molar-refractivity contribution is -0.152. The summed E-state index contributed by atoms with van der Waals surface area (Å²) in [6.07, 6.45) is 1.51. The van der Waals surface area contributed by atoms with Gasteiger partial charge in [0.1, 0.15) is 23.1 Å². The number of fused-ring (bicyclic) bond motifs is 1. The van der Waals surface area contributed by atoms with Gasteiger partial charge in [-0.25, -0.2) is 0 Å². The smallest absolute Gasteiger partial charge is 0.319 e.